The monoisotopic (exact) mass is 358 g/mol. The van der Waals surface area contributed by atoms with Gasteiger partial charge in [-0.15, -0.1) is 0 Å². The number of hydrogen-bond donors (Lipinski definition) is 2. The lowest BCUT2D eigenvalue weighted by Crippen LogP contribution is -2.39. The van der Waals surface area contributed by atoms with Crippen LogP contribution in [0.3, 0.4) is 0 Å². The summed E-state index contributed by atoms with van der Waals surface area (Å²) in [5.41, 5.74) is 3.84. The van der Waals surface area contributed by atoms with E-state index in [1.807, 2.05) is 0 Å². The van der Waals surface area contributed by atoms with Crippen molar-refractivity contribution in [3.05, 3.63) is 35.5 Å². The standard InChI is InChI=1S/C24H38O2/c1-16(2)21-11-10-20-15-24(21,4)12-6-5-7-19(20)9-8-18-13-22(25)17(3)23(26)14-18/h8-9,16,20-23,25-26H,3,5-7,10-15H2,1-2,4H3/b19-9+/t20?,21?,22-,23-,24+/m1/s1. The number of allylic oxidation sites excluding steroid dienone is 3. The zero-order valence-corrected chi connectivity index (χ0v) is 17.0. The van der Waals surface area contributed by atoms with Gasteiger partial charge in [-0.3, -0.25) is 0 Å². The number of aliphatic hydroxyl groups excluding tert-OH is 2. The van der Waals surface area contributed by atoms with Gasteiger partial charge in [0.05, 0.1) is 12.2 Å². The fourth-order valence-electron chi connectivity index (χ4n) is 5.99. The Labute approximate surface area is 160 Å². The molecular formula is C24H38O2. The molecule has 2 bridgehead atoms. The van der Waals surface area contributed by atoms with Crippen LogP contribution in [-0.4, -0.2) is 22.4 Å². The van der Waals surface area contributed by atoms with Crippen LogP contribution in [0.2, 0.25) is 0 Å². The van der Waals surface area contributed by atoms with E-state index in [4.69, 9.17) is 0 Å². The fraction of sp³-hybridized carbons (Fsp3) is 0.750. The molecule has 0 radical (unpaired) electrons. The van der Waals surface area contributed by atoms with Crippen molar-refractivity contribution in [2.45, 2.75) is 90.8 Å². The second-order valence-corrected chi connectivity index (χ2v) is 9.77. The molecule has 3 aliphatic carbocycles. The minimum absolute atomic E-state index is 0.499. The Hall–Kier alpha value is -0.860. The third-order valence-electron chi connectivity index (χ3n) is 7.53. The van der Waals surface area contributed by atoms with Gasteiger partial charge in [-0.2, -0.15) is 0 Å². The molecule has 0 aromatic carbocycles. The predicted octanol–water partition coefficient (Wildman–Crippen LogP) is 5.56. The Kier molecular flexibility index (Phi) is 6.14. The SMILES string of the molecule is C=C1[C@H](O)CC(=C/C=C2\CCCC[C@@]3(C)CC2CCC3C(C)C)C[C@H]1O. The number of aliphatic hydroxyl groups is 2. The first-order valence-corrected chi connectivity index (χ1v) is 10.7. The summed E-state index contributed by atoms with van der Waals surface area (Å²) in [6, 6.07) is 0. The van der Waals surface area contributed by atoms with Gasteiger partial charge < -0.3 is 10.2 Å². The average molecular weight is 359 g/mol. The second-order valence-electron chi connectivity index (χ2n) is 9.77. The summed E-state index contributed by atoms with van der Waals surface area (Å²) in [6.07, 6.45) is 13.9. The first kappa shape index (κ1) is 19.9. The fourth-order valence-corrected chi connectivity index (χ4v) is 5.99. The lowest BCUT2D eigenvalue weighted by molar-refractivity contribution is 0.0372. The van der Waals surface area contributed by atoms with E-state index in [1.165, 1.54) is 44.9 Å². The van der Waals surface area contributed by atoms with Crippen molar-refractivity contribution in [1.29, 1.82) is 0 Å². The highest BCUT2D eigenvalue weighted by Gasteiger charge is 2.42. The maximum atomic E-state index is 10.1. The van der Waals surface area contributed by atoms with Gasteiger partial charge in [0.2, 0.25) is 0 Å². The van der Waals surface area contributed by atoms with E-state index in [0.29, 0.717) is 23.8 Å². The van der Waals surface area contributed by atoms with Crippen LogP contribution >= 0.6 is 0 Å². The van der Waals surface area contributed by atoms with Crippen molar-refractivity contribution in [3.8, 4) is 0 Å². The molecule has 5 atom stereocenters. The Bertz CT molecular complexity index is 569. The molecule has 3 saturated carbocycles. The summed E-state index contributed by atoms with van der Waals surface area (Å²) in [5.74, 6) is 2.37. The third kappa shape index (κ3) is 4.17. The molecule has 0 aromatic heterocycles. The van der Waals surface area contributed by atoms with E-state index in [2.05, 4.69) is 39.5 Å². The van der Waals surface area contributed by atoms with E-state index >= 15 is 0 Å². The minimum atomic E-state index is -0.592. The van der Waals surface area contributed by atoms with Crippen LogP contribution < -0.4 is 0 Å². The van der Waals surface area contributed by atoms with Gasteiger partial charge in [0.25, 0.3) is 0 Å². The van der Waals surface area contributed by atoms with Crippen molar-refractivity contribution in [1.82, 2.24) is 0 Å². The van der Waals surface area contributed by atoms with Gasteiger partial charge >= 0.3 is 0 Å². The molecule has 0 spiro atoms. The Morgan fingerprint density at radius 3 is 2.42 bits per heavy atom. The van der Waals surface area contributed by atoms with E-state index in [0.717, 1.165) is 23.3 Å². The van der Waals surface area contributed by atoms with Crippen molar-refractivity contribution < 1.29 is 10.2 Å². The zero-order chi connectivity index (χ0) is 18.9. The van der Waals surface area contributed by atoms with Crippen molar-refractivity contribution >= 4 is 0 Å². The van der Waals surface area contributed by atoms with Gasteiger partial charge in [-0.25, -0.2) is 0 Å². The Morgan fingerprint density at radius 2 is 1.77 bits per heavy atom. The van der Waals surface area contributed by atoms with Crippen LogP contribution in [0.25, 0.3) is 0 Å². The molecule has 0 aliphatic heterocycles. The summed E-state index contributed by atoms with van der Waals surface area (Å²) < 4.78 is 0. The first-order chi connectivity index (χ1) is 12.3. The van der Waals surface area contributed by atoms with E-state index in [-0.39, 0.29) is 0 Å². The molecule has 0 aromatic rings. The minimum Gasteiger partial charge on any atom is -0.388 e. The molecule has 0 heterocycles. The van der Waals surface area contributed by atoms with Gasteiger partial charge in [0, 0.05) is 0 Å². The maximum Gasteiger partial charge on any atom is 0.0809 e. The molecule has 3 aliphatic rings. The van der Waals surface area contributed by atoms with Crippen LogP contribution in [0.5, 0.6) is 0 Å². The van der Waals surface area contributed by atoms with Crippen molar-refractivity contribution in [2.24, 2.45) is 23.2 Å². The average Bonchev–Trinajstić information content (AvgIpc) is 2.57. The molecule has 3 fully saturated rings. The Balaban J connectivity index is 1.77. The van der Waals surface area contributed by atoms with Gasteiger partial charge in [0.1, 0.15) is 0 Å². The highest BCUT2D eigenvalue weighted by Crippen LogP contribution is 2.53. The van der Waals surface area contributed by atoms with Gasteiger partial charge in [0.15, 0.2) is 0 Å². The topological polar surface area (TPSA) is 40.5 Å². The lowest BCUT2D eigenvalue weighted by Gasteiger charge is -2.49. The van der Waals surface area contributed by atoms with Crippen LogP contribution in [0.15, 0.2) is 35.5 Å². The summed E-state index contributed by atoms with van der Waals surface area (Å²) >= 11 is 0. The normalized spacial score (nSPS) is 40.5. The molecule has 2 unspecified atom stereocenters. The van der Waals surface area contributed by atoms with Crippen LogP contribution in [0, 0.1) is 23.2 Å². The molecule has 26 heavy (non-hydrogen) atoms. The number of fused-ring (bicyclic) bond motifs is 2. The first-order valence-electron chi connectivity index (χ1n) is 10.7. The third-order valence-corrected chi connectivity index (χ3v) is 7.53. The van der Waals surface area contributed by atoms with Crippen molar-refractivity contribution in [2.75, 3.05) is 0 Å². The van der Waals surface area contributed by atoms with Crippen LogP contribution in [0.4, 0.5) is 0 Å². The van der Waals surface area contributed by atoms with E-state index in [9.17, 15) is 10.2 Å². The van der Waals surface area contributed by atoms with Gasteiger partial charge in [-0.1, -0.05) is 57.1 Å². The number of rotatable bonds is 2. The van der Waals surface area contributed by atoms with Crippen molar-refractivity contribution in [3.63, 3.8) is 0 Å². The van der Waals surface area contributed by atoms with Crippen LogP contribution in [0.1, 0.15) is 78.6 Å². The van der Waals surface area contributed by atoms with Gasteiger partial charge in [-0.05, 0) is 80.1 Å². The lowest BCUT2D eigenvalue weighted by atomic mass is 9.56. The van der Waals surface area contributed by atoms with Crippen LogP contribution in [-0.2, 0) is 0 Å². The molecule has 2 nitrogen and oxygen atoms in total. The van der Waals surface area contributed by atoms with E-state index in [1.54, 1.807) is 5.57 Å². The largest absolute Gasteiger partial charge is 0.388 e. The molecule has 0 amide bonds. The predicted molar refractivity (Wildman–Crippen MR) is 109 cm³/mol. The second kappa shape index (κ2) is 8.02. The molecule has 2 N–H and O–H groups in total. The zero-order valence-electron chi connectivity index (χ0n) is 17.0. The highest BCUT2D eigenvalue weighted by molar-refractivity contribution is 5.28. The molecule has 2 heteroatoms. The summed E-state index contributed by atoms with van der Waals surface area (Å²) in [7, 11) is 0. The summed E-state index contributed by atoms with van der Waals surface area (Å²) in [5, 5.41) is 20.1. The van der Waals surface area contributed by atoms with E-state index < -0.39 is 12.2 Å². The smallest absolute Gasteiger partial charge is 0.0809 e. The molecule has 146 valence electrons. The number of hydrogen-bond acceptors (Lipinski definition) is 2. The summed E-state index contributed by atoms with van der Waals surface area (Å²) in [6.45, 7) is 11.2. The molecule has 3 rings (SSSR count). The quantitative estimate of drug-likeness (QED) is 0.634. The molecule has 0 saturated heterocycles. The highest BCUT2D eigenvalue weighted by atomic mass is 16.3. The summed E-state index contributed by atoms with van der Waals surface area (Å²) in [4.78, 5) is 0. The Morgan fingerprint density at radius 1 is 1.08 bits per heavy atom. The maximum absolute atomic E-state index is 10.1. The molecular weight excluding hydrogens is 320 g/mol.